The fourth-order valence-electron chi connectivity index (χ4n) is 3.19. The largest absolute Gasteiger partial charge is 0.0654 e. The topological polar surface area (TPSA) is 0 Å². The fraction of sp³-hybridized carbons (Fsp3) is 1.00. The third kappa shape index (κ3) is 11.5. The molecule has 0 aromatic rings. The Morgan fingerprint density at radius 3 is 1.58 bits per heavy atom. The van der Waals surface area contributed by atoms with Crippen LogP contribution in [0.15, 0.2) is 0 Å². The van der Waals surface area contributed by atoms with Crippen molar-refractivity contribution in [2.24, 2.45) is 11.8 Å². The zero-order valence-corrected chi connectivity index (χ0v) is 14.3. The van der Waals surface area contributed by atoms with Crippen molar-refractivity contribution < 1.29 is 0 Å². The third-order valence-corrected chi connectivity index (χ3v) is 4.64. The lowest BCUT2D eigenvalue weighted by Gasteiger charge is -2.23. The van der Waals surface area contributed by atoms with Crippen LogP contribution in [-0.4, -0.2) is 0 Å². The first-order chi connectivity index (χ1) is 9.28. The Labute approximate surface area is 123 Å². The lowest BCUT2D eigenvalue weighted by molar-refractivity contribution is 0.297. The van der Waals surface area contributed by atoms with Crippen molar-refractivity contribution in [2.45, 2.75) is 111 Å². The summed E-state index contributed by atoms with van der Waals surface area (Å²) in [4.78, 5) is 0. The third-order valence-electron chi connectivity index (χ3n) is 4.64. The minimum absolute atomic E-state index is 1.01. The zero-order valence-electron chi connectivity index (χ0n) is 14.3. The van der Waals surface area contributed by atoms with Gasteiger partial charge in [-0.15, -0.1) is 0 Å². The van der Waals surface area contributed by atoms with Gasteiger partial charge in [-0.2, -0.15) is 0 Å². The van der Waals surface area contributed by atoms with Gasteiger partial charge >= 0.3 is 0 Å². The minimum Gasteiger partial charge on any atom is -0.0654 e. The highest BCUT2D eigenvalue weighted by Gasteiger charge is 2.14. The van der Waals surface area contributed by atoms with Crippen LogP contribution in [0.5, 0.6) is 0 Å². The van der Waals surface area contributed by atoms with E-state index in [-0.39, 0.29) is 0 Å². The normalized spacial score (nSPS) is 14.5. The molecule has 0 heteroatoms. The summed E-state index contributed by atoms with van der Waals surface area (Å²) in [5.41, 5.74) is 0. The van der Waals surface area contributed by atoms with Gasteiger partial charge in [-0.1, -0.05) is 105 Å². The SMILES string of the molecule is CCCCCCC(CCCC)CC(CC)CCCC. The van der Waals surface area contributed by atoms with Gasteiger partial charge in [0.25, 0.3) is 0 Å². The van der Waals surface area contributed by atoms with Crippen LogP contribution in [0.1, 0.15) is 111 Å². The average Bonchev–Trinajstić information content (AvgIpc) is 2.44. The Morgan fingerprint density at radius 1 is 0.526 bits per heavy atom. The summed E-state index contributed by atoms with van der Waals surface area (Å²) in [5, 5.41) is 0. The highest BCUT2D eigenvalue weighted by Crippen LogP contribution is 2.28. The first-order valence-electron chi connectivity index (χ1n) is 9.28. The molecular weight excluding hydrogens is 228 g/mol. The number of hydrogen-bond acceptors (Lipinski definition) is 0. The molecular formula is C19H40. The van der Waals surface area contributed by atoms with Gasteiger partial charge in [-0.25, -0.2) is 0 Å². The van der Waals surface area contributed by atoms with E-state index >= 15 is 0 Å². The molecule has 0 nitrogen and oxygen atoms in total. The fourth-order valence-corrected chi connectivity index (χ4v) is 3.19. The summed E-state index contributed by atoms with van der Waals surface area (Å²) in [5.74, 6) is 2.03. The molecule has 0 aromatic heterocycles. The summed E-state index contributed by atoms with van der Waals surface area (Å²) in [6.45, 7) is 9.37. The maximum Gasteiger partial charge on any atom is -0.0412 e. The zero-order chi connectivity index (χ0) is 14.3. The van der Waals surface area contributed by atoms with E-state index < -0.39 is 0 Å². The van der Waals surface area contributed by atoms with Gasteiger partial charge in [-0.3, -0.25) is 0 Å². The summed E-state index contributed by atoms with van der Waals surface area (Å²) in [6, 6.07) is 0. The van der Waals surface area contributed by atoms with Gasteiger partial charge in [0.2, 0.25) is 0 Å². The van der Waals surface area contributed by atoms with Crippen LogP contribution in [0.25, 0.3) is 0 Å². The Morgan fingerprint density at radius 2 is 1.05 bits per heavy atom. The molecule has 0 saturated carbocycles. The summed E-state index contributed by atoms with van der Waals surface area (Å²) in [7, 11) is 0. The van der Waals surface area contributed by atoms with E-state index in [1.165, 1.54) is 83.5 Å². The lowest BCUT2D eigenvalue weighted by Crippen LogP contribution is -2.09. The molecule has 0 heterocycles. The predicted molar refractivity (Wildman–Crippen MR) is 89.7 cm³/mol. The summed E-state index contributed by atoms with van der Waals surface area (Å²) < 4.78 is 0. The van der Waals surface area contributed by atoms with E-state index in [0.29, 0.717) is 0 Å². The molecule has 0 rings (SSSR count). The lowest BCUT2D eigenvalue weighted by atomic mass is 9.83. The first-order valence-corrected chi connectivity index (χ1v) is 9.28. The van der Waals surface area contributed by atoms with Crippen molar-refractivity contribution in [1.82, 2.24) is 0 Å². The minimum atomic E-state index is 1.01. The van der Waals surface area contributed by atoms with E-state index in [1.54, 1.807) is 0 Å². The molecule has 0 aliphatic carbocycles. The standard InChI is InChI=1S/C19H40/c1-5-9-12-13-16-19(15-11-7-3)17-18(8-4)14-10-6-2/h18-19H,5-17H2,1-4H3. The highest BCUT2D eigenvalue weighted by atomic mass is 14.2. The molecule has 0 N–H and O–H groups in total. The van der Waals surface area contributed by atoms with Crippen LogP contribution in [0, 0.1) is 11.8 Å². The van der Waals surface area contributed by atoms with E-state index in [0.717, 1.165) is 11.8 Å². The van der Waals surface area contributed by atoms with Gasteiger partial charge in [0, 0.05) is 0 Å². The number of unbranched alkanes of at least 4 members (excludes halogenated alkanes) is 5. The quantitative estimate of drug-likeness (QED) is 0.288. The Hall–Kier alpha value is 0. The maximum atomic E-state index is 2.40. The maximum absolute atomic E-state index is 2.40. The van der Waals surface area contributed by atoms with Crippen LogP contribution < -0.4 is 0 Å². The second-order valence-electron chi connectivity index (χ2n) is 6.51. The molecule has 0 spiro atoms. The van der Waals surface area contributed by atoms with E-state index in [1.807, 2.05) is 0 Å². The smallest absolute Gasteiger partial charge is 0.0412 e. The van der Waals surface area contributed by atoms with Crippen LogP contribution in [0.2, 0.25) is 0 Å². The number of hydrogen-bond donors (Lipinski definition) is 0. The van der Waals surface area contributed by atoms with Crippen LogP contribution >= 0.6 is 0 Å². The van der Waals surface area contributed by atoms with E-state index in [2.05, 4.69) is 27.7 Å². The second-order valence-corrected chi connectivity index (χ2v) is 6.51. The first kappa shape index (κ1) is 19.0. The molecule has 0 radical (unpaired) electrons. The predicted octanol–water partition coefficient (Wildman–Crippen LogP) is 7.37. The Balaban J connectivity index is 3.99. The Bertz CT molecular complexity index is 161. The van der Waals surface area contributed by atoms with Gasteiger partial charge in [-0.05, 0) is 18.3 Å². The summed E-state index contributed by atoms with van der Waals surface area (Å²) >= 11 is 0. The molecule has 0 amide bonds. The van der Waals surface area contributed by atoms with Crippen LogP contribution in [0.4, 0.5) is 0 Å². The molecule has 2 unspecified atom stereocenters. The van der Waals surface area contributed by atoms with Gasteiger partial charge in [0.05, 0.1) is 0 Å². The molecule has 2 atom stereocenters. The molecule has 0 aliphatic rings. The van der Waals surface area contributed by atoms with Crippen molar-refractivity contribution in [2.75, 3.05) is 0 Å². The average molecular weight is 269 g/mol. The van der Waals surface area contributed by atoms with Gasteiger partial charge in [0.15, 0.2) is 0 Å². The van der Waals surface area contributed by atoms with E-state index in [9.17, 15) is 0 Å². The van der Waals surface area contributed by atoms with Crippen molar-refractivity contribution in [3.63, 3.8) is 0 Å². The highest BCUT2D eigenvalue weighted by molar-refractivity contribution is 4.67. The number of rotatable bonds is 14. The Kier molecular flexibility index (Phi) is 14.4. The van der Waals surface area contributed by atoms with E-state index in [4.69, 9.17) is 0 Å². The van der Waals surface area contributed by atoms with Crippen molar-refractivity contribution in [3.05, 3.63) is 0 Å². The van der Waals surface area contributed by atoms with Gasteiger partial charge < -0.3 is 0 Å². The monoisotopic (exact) mass is 268 g/mol. The molecule has 0 aromatic carbocycles. The molecule has 0 aliphatic heterocycles. The summed E-state index contributed by atoms with van der Waals surface area (Å²) in [6.07, 6.45) is 18.8. The molecule has 0 saturated heterocycles. The van der Waals surface area contributed by atoms with Crippen molar-refractivity contribution >= 4 is 0 Å². The van der Waals surface area contributed by atoms with Gasteiger partial charge in [0.1, 0.15) is 0 Å². The molecule has 0 bridgehead atoms. The van der Waals surface area contributed by atoms with Crippen molar-refractivity contribution in [3.8, 4) is 0 Å². The van der Waals surface area contributed by atoms with Crippen LogP contribution in [0.3, 0.4) is 0 Å². The van der Waals surface area contributed by atoms with Crippen LogP contribution in [-0.2, 0) is 0 Å². The second kappa shape index (κ2) is 14.4. The molecule has 116 valence electrons. The molecule has 19 heavy (non-hydrogen) atoms. The molecule has 0 fully saturated rings. The van der Waals surface area contributed by atoms with Crippen molar-refractivity contribution in [1.29, 1.82) is 0 Å².